The van der Waals surface area contributed by atoms with E-state index in [1.54, 1.807) is 11.4 Å². The van der Waals surface area contributed by atoms with Crippen LogP contribution in [-0.2, 0) is 6.18 Å². The smallest absolute Gasteiger partial charge is 0.289 e. The molecule has 2 rings (SSSR count). The van der Waals surface area contributed by atoms with Crippen LogP contribution >= 0.6 is 33.9 Å². The molecule has 1 heterocycles. The van der Waals surface area contributed by atoms with Crippen molar-refractivity contribution in [2.75, 3.05) is 0 Å². The second-order valence-electron chi connectivity index (χ2n) is 3.54. The van der Waals surface area contributed by atoms with Crippen molar-refractivity contribution in [3.05, 3.63) is 55.3 Å². The fourth-order valence-corrected chi connectivity index (χ4v) is 2.73. The lowest BCUT2D eigenvalue weighted by atomic mass is 10.0. The Morgan fingerprint density at radius 3 is 2.17 bits per heavy atom. The lowest BCUT2D eigenvalue weighted by Crippen LogP contribution is -2.06. The van der Waals surface area contributed by atoms with E-state index in [0.717, 1.165) is 15.0 Å². The van der Waals surface area contributed by atoms with Crippen LogP contribution in [0.25, 0.3) is 0 Å². The summed E-state index contributed by atoms with van der Waals surface area (Å²) < 4.78 is 38.0. The first kappa shape index (κ1) is 13.5. The molecule has 0 radical (unpaired) electrons. The van der Waals surface area contributed by atoms with Gasteiger partial charge in [-0.2, -0.15) is 13.2 Å². The van der Waals surface area contributed by atoms with Gasteiger partial charge in [0.05, 0.1) is 8.45 Å². The Kier molecular flexibility index (Phi) is 3.76. The average molecular weight is 382 g/mol. The lowest BCUT2D eigenvalue weighted by molar-refractivity contribution is -0.137. The Morgan fingerprint density at radius 1 is 1.11 bits per heavy atom. The van der Waals surface area contributed by atoms with E-state index in [1.807, 2.05) is 0 Å². The molecule has 0 bridgehead atoms. The Labute approximate surface area is 119 Å². The van der Waals surface area contributed by atoms with Crippen molar-refractivity contribution >= 4 is 39.7 Å². The van der Waals surface area contributed by atoms with Gasteiger partial charge in [-0.3, -0.25) is 4.79 Å². The molecule has 0 aliphatic carbocycles. The number of benzene rings is 1. The third kappa shape index (κ3) is 2.92. The predicted molar refractivity (Wildman–Crippen MR) is 71.9 cm³/mol. The molecule has 0 saturated heterocycles. The number of hydrogen-bond donors (Lipinski definition) is 0. The first-order chi connectivity index (χ1) is 8.38. The number of rotatable bonds is 2. The summed E-state index contributed by atoms with van der Waals surface area (Å²) in [6.07, 6.45) is -4.38. The molecular formula is C12H6F3IOS. The number of hydrogen-bond acceptors (Lipinski definition) is 2. The molecule has 0 spiro atoms. The second kappa shape index (κ2) is 5.00. The van der Waals surface area contributed by atoms with E-state index in [0.29, 0.717) is 5.56 Å². The van der Waals surface area contributed by atoms with Gasteiger partial charge in [0, 0.05) is 16.5 Å². The molecule has 0 saturated carbocycles. The molecule has 0 N–H and O–H groups in total. The standard InChI is InChI=1S/C12H6F3IOS/c13-12(14,15)9-3-1-7(2-4-9)11(17)8-5-10(16)18-6-8/h1-6H. The molecule has 0 atom stereocenters. The fourth-order valence-electron chi connectivity index (χ4n) is 1.41. The van der Waals surface area contributed by atoms with Crippen LogP contribution in [0.2, 0.25) is 0 Å². The van der Waals surface area contributed by atoms with Gasteiger partial charge in [-0.1, -0.05) is 12.1 Å². The van der Waals surface area contributed by atoms with Gasteiger partial charge < -0.3 is 0 Å². The van der Waals surface area contributed by atoms with Crippen LogP contribution in [0.3, 0.4) is 0 Å². The summed E-state index contributed by atoms with van der Waals surface area (Å²) in [5.74, 6) is -0.261. The Hall–Kier alpha value is -0.890. The summed E-state index contributed by atoms with van der Waals surface area (Å²) in [7, 11) is 0. The normalized spacial score (nSPS) is 11.6. The zero-order valence-electron chi connectivity index (χ0n) is 8.79. The predicted octanol–water partition coefficient (Wildman–Crippen LogP) is 4.60. The number of alkyl halides is 3. The zero-order chi connectivity index (χ0) is 13.3. The molecule has 6 heteroatoms. The topological polar surface area (TPSA) is 17.1 Å². The maximum absolute atomic E-state index is 12.4. The average Bonchev–Trinajstić information content (AvgIpc) is 2.74. The molecule has 1 aromatic carbocycles. The highest BCUT2D eigenvalue weighted by molar-refractivity contribution is 14.1. The van der Waals surface area contributed by atoms with E-state index in [1.165, 1.54) is 23.5 Å². The minimum absolute atomic E-state index is 0.261. The van der Waals surface area contributed by atoms with Gasteiger partial charge in [0.25, 0.3) is 0 Å². The van der Waals surface area contributed by atoms with E-state index in [4.69, 9.17) is 0 Å². The molecular weight excluding hydrogens is 376 g/mol. The molecule has 0 fully saturated rings. The summed E-state index contributed by atoms with van der Waals surface area (Å²) in [6.45, 7) is 0. The minimum atomic E-state index is -4.38. The highest BCUT2D eigenvalue weighted by Crippen LogP contribution is 2.29. The largest absolute Gasteiger partial charge is 0.416 e. The summed E-state index contributed by atoms with van der Waals surface area (Å²) in [6, 6.07) is 5.96. The van der Waals surface area contributed by atoms with Gasteiger partial charge in [-0.05, 0) is 40.8 Å². The van der Waals surface area contributed by atoms with E-state index in [-0.39, 0.29) is 11.3 Å². The minimum Gasteiger partial charge on any atom is -0.289 e. The van der Waals surface area contributed by atoms with Gasteiger partial charge in [-0.25, -0.2) is 0 Å². The highest BCUT2D eigenvalue weighted by atomic mass is 127. The third-order valence-corrected chi connectivity index (χ3v) is 4.09. The first-order valence-corrected chi connectivity index (χ1v) is 6.80. The number of carbonyl (C=O) groups is 1. The highest BCUT2D eigenvalue weighted by Gasteiger charge is 2.30. The van der Waals surface area contributed by atoms with Gasteiger partial charge >= 0.3 is 6.18 Å². The van der Waals surface area contributed by atoms with Crippen LogP contribution in [0.15, 0.2) is 35.7 Å². The lowest BCUT2D eigenvalue weighted by Gasteiger charge is -2.06. The molecule has 1 nitrogen and oxygen atoms in total. The summed E-state index contributed by atoms with van der Waals surface area (Å²) in [5, 5.41) is 1.70. The first-order valence-electron chi connectivity index (χ1n) is 4.84. The molecule has 0 amide bonds. The van der Waals surface area contributed by atoms with Gasteiger partial charge in [-0.15, -0.1) is 11.3 Å². The molecule has 1 aromatic heterocycles. The maximum atomic E-state index is 12.4. The van der Waals surface area contributed by atoms with Crippen LogP contribution < -0.4 is 0 Å². The SMILES string of the molecule is O=C(c1ccc(C(F)(F)F)cc1)c1csc(I)c1. The van der Waals surface area contributed by atoms with Gasteiger partial charge in [0.1, 0.15) is 0 Å². The van der Waals surface area contributed by atoms with Crippen molar-refractivity contribution in [2.45, 2.75) is 6.18 Å². The van der Waals surface area contributed by atoms with Crippen molar-refractivity contribution in [1.29, 1.82) is 0 Å². The van der Waals surface area contributed by atoms with Crippen LogP contribution in [0, 0.1) is 2.88 Å². The van der Waals surface area contributed by atoms with Gasteiger partial charge in [0.2, 0.25) is 0 Å². The summed E-state index contributed by atoms with van der Waals surface area (Å²) in [4.78, 5) is 11.9. The van der Waals surface area contributed by atoms with E-state index in [2.05, 4.69) is 22.6 Å². The quantitative estimate of drug-likeness (QED) is 0.548. The maximum Gasteiger partial charge on any atom is 0.416 e. The van der Waals surface area contributed by atoms with Crippen molar-refractivity contribution in [3.8, 4) is 0 Å². The second-order valence-corrected chi connectivity index (χ2v) is 6.35. The molecule has 2 aromatic rings. The molecule has 18 heavy (non-hydrogen) atoms. The van der Waals surface area contributed by atoms with Crippen LogP contribution in [-0.4, -0.2) is 5.78 Å². The van der Waals surface area contributed by atoms with Crippen LogP contribution in [0.5, 0.6) is 0 Å². The fraction of sp³-hybridized carbons (Fsp3) is 0.0833. The summed E-state index contributed by atoms with van der Waals surface area (Å²) >= 11 is 3.51. The van der Waals surface area contributed by atoms with Crippen molar-refractivity contribution in [3.63, 3.8) is 0 Å². The Bertz CT molecular complexity index is 572. The molecule has 0 unspecified atom stereocenters. The summed E-state index contributed by atoms with van der Waals surface area (Å²) in [5.41, 5.74) is 0.0142. The third-order valence-electron chi connectivity index (χ3n) is 2.30. The van der Waals surface area contributed by atoms with Crippen LogP contribution in [0.4, 0.5) is 13.2 Å². The molecule has 0 aliphatic rings. The van der Waals surface area contributed by atoms with Gasteiger partial charge in [0.15, 0.2) is 5.78 Å². The Balaban J connectivity index is 2.28. The van der Waals surface area contributed by atoms with E-state index in [9.17, 15) is 18.0 Å². The number of thiophene rings is 1. The van der Waals surface area contributed by atoms with E-state index < -0.39 is 11.7 Å². The number of halogens is 4. The monoisotopic (exact) mass is 382 g/mol. The van der Waals surface area contributed by atoms with Crippen molar-refractivity contribution < 1.29 is 18.0 Å². The van der Waals surface area contributed by atoms with Crippen molar-refractivity contribution in [1.82, 2.24) is 0 Å². The number of ketones is 1. The zero-order valence-corrected chi connectivity index (χ0v) is 11.8. The van der Waals surface area contributed by atoms with E-state index >= 15 is 0 Å². The van der Waals surface area contributed by atoms with Crippen LogP contribution in [0.1, 0.15) is 21.5 Å². The number of carbonyl (C=O) groups excluding carboxylic acids is 1. The molecule has 0 aliphatic heterocycles. The molecule has 94 valence electrons. The Morgan fingerprint density at radius 2 is 1.72 bits per heavy atom. The van der Waals surface area contributed by atoms with Crippen molar-refractivity contribution in [2.24, 2.45) is 0 Å².